The minimum atomic E-state index is 0.631. The Kier molecular flexibility index (Phi) is 6.98. The van der Waals surface area contributed by atoms with Crippen molar-refractivity contribution in [3.63, 3.8) is 0 Å². The molecule has 0 aromatic heterocycles. The molecule has 0 heterocycles. The molecule has 8 rings (SSSR count). The van der Waals surface area contributed by atoms with Crippen molar-refractivity contribution in [2.24, 2.45) is 0 Å². The first-order valence-electron chi connectivity index (χ1n) is 16.0. The van der Waals surface area contributed by atoms with Crippen molar-refractivity contribution in [1.82, 2.24) is 0 Å². The minimum absolute atomic E-state index is 0.631. The number of nitrogens with zero attached hydrogens (tertiary/aromatic N) is 4. The lowest BCUT2D eigenvalue weighted by Crippen LogP contribution is -2.13. The molecule has 226 valence electrons. The highest BCUT2D eigenvalue weighted by atomic mass is 15.2. The van der Waals surface area contributed by atoms with Gasteiger partial charge in [0.15, 0.2) is 0 Å². The normalized spacial score (nSPS) is 11.1. The van der Waals surface area contributed by atoms with E-state index in [4.69, 9.17) is 0 Å². The van der Waals surface area contributed by atoms with Crippen LogP contribution in [0.15, 0.2) is 146 Å². The van der Waals surface area contributed by atoms with Gasteiger partial charge in [0.25, 0.3) is 0 Å². The Labute approximate surface area is 279 Å². The highest BCUT2D eigenvalue weighted by Crippen LogP contribution is 2.49. The first-order valence-corrected chi connectivity index (χ1v) is 16.0. The Balaban J connectivity index is 1.44. The van der Waals surface area contributed by atoms with Crippen LogP contribution in [0.25, 0.3) is 32.3 Å². The van der Waals surface area contributed by atoms with Crippen LogP contribution in [0.3, 0.4) is 0 Å². The summed E-state index contributed by atoms with van der Waals surface area (Å²) in [6, 6.07) is 54.6. The predicted octanol–water partition coefficient (Wildman–Crippen LogP) is 11.9. The SMILES string of the molecule is Cc1cc2ccc3c(N(c4ccccc4)c4ccc(C#N)cc4)c(C)cc4ccc(c1N(c1ccccc1)c1ccc(C#N)cc1)c2c43. The Morgan fingerprint density at radius 3 is 1.12 bits per heavy atom. The highest BCUT2D eigenvalue weighted by Gasteiger charge is 2.24. The molecule has 0 radical (unpaired) electrons. The zero-order chi connectivity index (χ0) is 32.8. The Morgan fingerprint density at radius 2 is 0.771 bits per heavy atom. The second-order valence-electron chi connectivity index (χ2n) is 12.2. The van der Waals surface area contributed by atoms with Crippen LogP contribution in [-0.2, 0) is 0 Å². The molecular weight excluding hydrogens is 585 g/mol. The number of rotatable bonds is 6. The van der Waals surface area contributed by atoms with Crippen LogP contribution in [0.5, 0.6) is 0 Å². The van der Waals surface area contributed by atoms with Crippen LogP contribution in [-0.4, -0.2) is 0 Å². The lowest BCUT2D eigenvalue weighted by molar-refractivity contribution is 1.26. The zero-order valence-electron chi connectivity index (χ0n) is 26.6. The van der Waals surface area contributed by atoms with Gasteiger partial charge < -0.3 is 9.80 Å². The predicted molar refractivity (Wildman–Crippen MR) is 198 cm³/mol. The van der Waals surface area contributed by atoms with Crippen LogP contribution in [0.1, 0.15) is 22.3 Å². The fourth-order valence-corrected chi connectivity index (χ4v) is 7.14. The molecule has 0 atom stereocenters. The van der Waals surface area contributed by atoms with Gasteiger partial charge in [-0.15, -0.1) is 0 Å². The van der Waals surface area contributed by atoms with Gasteiger partial charge in [0, 0.05) is 33.5 Å². The molecule has 0 saturated carbocycles. The smallest absolute Gasteiger partial charge is 0.0991 e. The van der Waals surface area contributed by atoms with Crippen molar-refractivity contribution >= 4 is 66.4 Å². The van der Waals surface area contributed by atoms with E-state index in [0.717, 1.165) is 56.0 Å². The number of hydrogen-bond donors (Lipinski definition) is 0. The third-order valence-corrected chi connectivity index (χ3v) is 9.21. The fraction of sp³-hybridized carbons (Fsp3) is 0.0455. The van der Waals surface area contributed by atoms with Gasteiger partial charge in [-0.3, -0.25) is 0 Å². The first-order chi connectivity index (χ1) is 23.6. The molecule has 8 aromatic carbocycles. The van der Waals surface area contributed by atoms with E-state index in [9.17, 15) is 10.5 Å². The second kappa shape index (κ2) is 11.6. The van der Waals surface area contributed by atoms with Gasteiger partial charge in [-0.05, 0) is 131 Å². The molecule has 4 nitrogen and oxygen atoms in total. The van der Waals surface area contributed by atoms with E-state index in [-0.39, 0.29) is 0 Å². The van der Waals surface area contributed by atoms with Crippen molar-refractivity contribution in [3.05, 3.63) is 168 Å². The molecule has 0 aliphatic rings. The summed E-state index contributed by atoms with van der Waals surface area (Å²) in [7, 11) is 0. The Bertz CT molecular complexity index is 2340. The maximum Gasteiger partial charge on any atom is 0.0991 e. The summed E-state index contributed by atoms with van der Waals surface area (Å²) in [6.45, 7) is 4.36. The summed E-state index contributed by atoms with van der Waals surface area (Å²) < 4.78 is 0. The van der Waals surface area contributed by atoms with E-state index in [0.29, 0.717) is 11.1 Å². The van der Waals surface area contributed by atoms with Gasteiger partial charge in [0.1, 0.15) is 0 Å². The summed E-state index contributed by atoms with van der Waals surface area (Å²) in [5.41, 5.74) is 9.89. The lowest BCUT2D eigenvalue weighted by atomic mass is 9.89. The van der Waals surface area contributed by atoms with Gasteiger partial charge in [-0.2, -0.15) is 10.5 Å². The maximum atomic E-state index is 9.51. The fourth-order valence-electron chi connectivity index (χ4n) is 7.14. The molecule has 48 heavy (non-hydrogen) atoms. The highest BCUT2D eigenvalue weighted by molar-refractivity contribution is 6.28. The van der Waals surface area contributed by atoms with E-state index < -0.39 is 0 Å². The Morgan fingerprint density at radius 1 is 0.417 bits per heavy atom. The van der Waals surface area contributed by atoms with E-state index in [2.05, 4.69) is 121 Å². The second-order valence-corrected chi connectivity index (χ2v) is 12.2. The quantitative estimate of drug-likeness (QED) is 0.175. The molecule has 0 aliphatic heterocycles. The largest absolute Gasteiger partial charge is 0.310 e. The lowest BCUT2D eigenvalue weighted by Gasteiger charge is -2.31. The summed E-state index contributed by atoms with van der Waals surface area (Å²) in [4.78, 5) is 4.61. The standard InChI is InChI=1S/C44H30N4/c1-29-25-33-17-24-40-42-34(26-30(2)44(40)48(36-11-7-4-8-12-36)38-21-15-32(28-46)16-22-38)18-23-39(41(33)42)43(29)47(35-9-5-3-6-10-35)37-19-13-31(27-45)14-20-37/h3-26H,1-2H3. The number of hydrogen-bond acceptors (Lipinski definition) is 4. The number of aryl methyl sites for hydroxylation is 2. The van der Waals surface area contributed by atoms with Crippen LogP contribution in [0, 0.1) is 36.5 Å². The van der Waals surface area contributed by atoms with Crippen LogP contribution >= 0.6 is 0 Å². The summed E-state index contributed by atoms with van der Waals surface area (Å²) in [6.07, 6.45) is 0. The summed E-state index contributed by atoms with van der Waals surface area (Å²) in [5.74, 6) is 0. The van der Waals surface area contributed by atoms with Gasteiger partial charge in [-0.25, -0.2) is 0 Å². The van der Waals surface area contributed by atoms with Crippen molar-refractivity contribution in [2.45, 2.75) is 13.8 Å². The van der Waals surface area contributed by atoms with Gasteiger partial charge in [-0.1, -0.05) is 60.7 Å². The monoisotopic (exact) mass is 614 g/mol. The summed E-state index contributed by atoms with van der Waals surface area (Å²) >= 11 is 0. The van der Waals surface area contributed by atoms with Crippen molar-refractivity contribution in [2.75, 3.05) is 9.80 Å². The third kappa shape index (κ3) is 4.68. The molecular formula is C44H30N4. The van der Waals surface area contributed by atoms with Crippen molar-refractivity contribution < 1.29 is 0 Å². The van der Waals surface area contributed by atoms with E-state index in [1.165, 1.54) is 21.5 Å². The molecule has 8 aromatic rings. The molecule has 0 spiro atoms. The van der Waals surface area contributed by atoms with E-state index in [1.807, 2.05) is 60.7 Å². The van der Waals surface area contributed by atoms with E-state index in [1.54, 1.807) is 0 Å². The molecule has 0 N–H and O–H groups in total. The first kappa shape index (κ1) is 28.8. The molecule has 0 fully saturated rings. The Hall–Kier alpha value is -6.62. The average Bonchev–Trinajstić information content (AvgIpc) is 3.14. The number of anilines is 6. The van der Waals surface area contributed by atoms with Crippen LogP contribution in [0.4, 0.5) is 34.1 Å². The van der Waals surface area contributed by atoms with E-state index >= 15 is 0 Å². The summed E-state index contributed by atoms with van der Waals surface area (Å²) in [5, 5.41) is 26.2. The van der Waals surface area contributed by atoms with Crippen LogP contribution in [0.2, 0.25) is 0 Å². The van der Waals surface area contributed by atoms with Crippen LogP contribution < -0.4 is 9.80 Å². The van der Waals surface area contributed by atoms with Gasteiger partial charge >= 0.3 is 0 Å². The number of nitriles is 2. The maximum absolute atomic E-state index is 9.51. The molecule has 0 amide bonds. The van der Waals surface area contributed by atoms with Gasteiger partial charge in [0.2, 0.25) is 0 Å². The zero-order valence-corrected chi connectivity index (χ0v) is 26.6. The van der Waals surface area contributed by atoms with Gasteiger partial charge in [0.05, 0.1) is 34.6 Å². The minimum Gasteiger partial charge on any atom is -0.310 e. The van der Waals surface area contributed by atoms with Crippen molar-refractivity contribution in [1.29, 1.82) is 10.5 Å². The topological polar surface area (TPSA) is 54.1 Å². The molecule has 0 bridgehead atoms. The van der Waals surface area contributed by atoms with Crippen molar-refractivity contribution in [3.8, 4) is 12.1 Å². The molecule has 0 saturated heterocycles. The third-order valence-electron chi connectivity index (χ3n) is 9.21. The molecule has 0 unspecified atom stereocenters. The number of benzene rings is 8. The molecule has 4 heteroatoms. The average molecular weight is 615 g/mol. The number of para-hydroxylation sites is 2. The molecule has 0 aliphatic carbocycles.